The molecule has 2 saturated heterocycles. The molecule has 3 rings (SSSR count). The lowest BCUT2D eigenvalue weighted by atomic mass is 9.95. The van der Waals surface area contributed by atoms with Crippen molar-refractivity contribution in [2.75, 3.05) is 40.3 Å². The molecule has 0 saturated carbocycles. The summed E-state index contributed by atoms with van der Waals surface area (Å²) in [6, 6.07) is 6.21. The first-order chi connectivity index (χ1) is 12.8. The number of nitrogens with zero attached hydrogens (tertiary/aromatic N) is 3. The smallest absolute Gasteiger partial charge is 0.253 e. The number of hydrogen-bond donors (Lipinski definition) is 0. The van der Waals surface area contributed by atoms with Crippen molar-refractivity contribution in [3.63, 3.8) is 0 Å². The molecule has 0 radical (unpaired) electrons. The van der Waals surface area contributed by atoms with Gasteiger partial charge in [0, 0.05) is 51.8 Å². The van der Waals surface area contributed by atoms with Gasteiger partial charge in [-0.05, 0) is 49.9 Å². The van der Waals surface area contributed by atoms with Crippen LogP contribution in [0.5, 0.6) is 0 Å². The van der Waals surface area contributed by atoms with Gasteiger partial charge in [0.05, 0.1) is 4.90 Å². The molecule has 0 aliphatic carbocycles. The van der Waals surface area contributed by atoms with E-state index < -0.39 is 10.0 Å². The summed E-state index contributed by atoms with van der Waals surface area (Å²) in [5.74, 6) is -0.0357. The van der Waals surface area contributed by atoms with Crippen LogP contribution in [0.2, 0.25) is 0 Å². The molecule has 2 heterocycles. The monoisotopic (exact) mass is 393 g/mol. The van der Waals surface area contributed by atoms with Crippen LogP contribution in [0.3, 0.4) is 0 Å². The Kier molecular flexibility index (Phi) is 5.86. The van der Waals surface area contributed by atoms with Crippen molar-refractivity contribution >= 4 is 21.8 Å². The first kappa shape index (κ1) is 19.8. The van der Waals surface area contributed by atoms with Crippen molar-refractivity contribution < 1.29 is 18.0 Å². The van der Waals surface area contributed by atoms with Gasteiger partial charge in [0.25, 0.3) is 5.91 Å². The molecule has 2 aliphatic heterocycles. The zero-order valence-electron chi connectivity index (χ0n) is 15.9. The standard InChI is InChI=1S/C19H27N3O4S/c1-20(2)18(23)16-9-13-21(14-10-16)19(24)15-5-7-17(8-6-15)27(25,26)22-11-3-4-12-22/h5-8,16H,3-4,9-14H2,1-2H3. The predicted molar refractivity (Wildman–Crippen MR) is 102 cm³/mol. The average molecular weight is 394 g/mol. The molecule has 27 heavy (non-hydrogen) atoms. The van der Waals surface area contributed by atoms with Gasteiger partial charge in [-0.15, -0.1) is 0 Å². The highest BCUT2D eigenvalue weighted by Crippen LogP contribution is 2.23. The van der Waals surface area contributed by atoms with Gasteiger partial charge in [-0.25, -0.2) is 8.42 Å². The van der Waals surface area contributed by atoms with Crippen LogP contribution in [0.4, 0.5) is 0 Å². The van der Waals surface area contributed by atoms with E-state index in [0.717, 1.165) is 12.8 Å². The Bertz CT molecular complexity index is 791. The number of benzene rings is 1. The second-order valence-corrected chi connectivity index (χ2v) is 9.37. The fourth-order valence-corrected chi connectivity index (χ4v) is 5.24. The minimum absolute atomic E-state index is 0.0305. The summed E-state index contributed by atoms with van der Waals surface area (Å²) in [6.45, 7) is 2.20. The molecule has 2 amide bonds. The fourth-order valence-electron chi connectivity index (χ4n) is 3.72. The largest absolute Gasteiger partial charge is 0.349 e. The molecule has 148 valence electrons. The van der Waals surface area contributed by atoms with E-state index in [4.69, 9.17) is 0 Å². The molecule has 0 aromatic heterocycles. The summed E-state index contributed by atoms with van der Waals surface area (Å²) in [5, 5.41) is 0. The molecule has 8 heteroatoms. The molecule has 0 spiro atoms. The molecular formula is C19H27N3O4S. The number of rotatable bonds is 4. The first-order valence-corrected chi connectivity index (χ1v) is 10.9. The van der Waals surface area contributed by atoms with E-state index in [9.17, 15) is 18.0 Å². The highest BCUT2D eigenvalue weighted by atomic mass is 32.2. The van der Waals surface area contributed by atoms with Gasteiger partial charge in [0.1, 0.15) is 0 Å². The van der Waals surface area contributed by atoms with E-state index in [1.165, 1.54) is 16.4 Å². The molecule has 0 bridgehead atoms. The van der Waals surface area contributed by atoms with Crippen LogP contribution in [0.25, 0.3) is 0 Å². The van der Waals surface area contributed by atoms with Gasteiger partial charge in [0.2, 0.25) is 15.9 Å². The Balaban J connectivity index is 1.64. The van der Waals surface area contributed by atoms with Crippen molar-refractivity contribution in [3.05, 3.63) is 29.8 Å². The third-order valence-corrected chi connectivity index (χ3v) is 7.29. The van der Waals surface area contributed by atoms with E-state index in [2.05, 4.69) is 0 Å². The lowest BCUT2D eigenvalue weighted by molar-refractivity contribution is -0.134. The maximum atomic E-state index is 12.7. The second-order valence-electron chi connectivity index (χ2n) is 7.43. The molecular weight excluding hydrogens is 366 g/mol. The van der Waals surface area contributed by atoms with Crippen molar-refractivity contribution in [1.82, 2.24) is 14.1 Å². The lowest BCUT2D eigenvalue weighted by Gasteiger charge is -2.32. The van der Waals surface area contributed by atoms with Crippen molar-refractivity contribution in [2.24, 2.45) is 5.92 Å². The molecule has 1 aromatic rings. The van der Waals surface area contributed by atoms with E-state index in [0.29, 0.717) is 44.6 Å². The molecule has 7 nitrogen and oxygen atoms in total. The van der Waals surface area contributed by atoms with E-state index in [1.54, 1.807) is 36.0 Å². The summed E-state index contributed by atoms with van der Waals surface area (Å²) in [5.41, 5.74) is 0.479. The molecule has 0 N–H and O–H groups in total. The number of piperidine rings is 1. The number of amides is 2. The minimum Gasteiger partial charge on any atom is -0.349 e. The summed E-state index contributed by atoms with van der Waals surface area (Å²) >= 11 is 0. The van der Waals surface area contributed by atoms with E-state index in [-0.39, 0.29) is 22.6 Å². The zero-order chi connectivity index (χ0) is 19.6. The van der Waals surface area contributed by atoms with Gasteiger partial charge in [-0.2, -0.15) is 4.31 Å². The third-order valence-electron chi connectivity index (χ3n) is 5.38. The SMILES string of the molecule is CN(C)C(=O)C1CCN(C(=O)c2ccc(S(=O)(=O)N3CCCC3)cc2)CC1. The third kappa shape index (κ3) is 4.16. The Morgan fingerprint density at radius 3 is 2.04 bits per heavy atom. The summed E-state index contributed by atoms with van der Waals surface area (Å²) < 4.78 is 26.6. The molecule has 2 fully saturated rings. The maximum Gasteiger partial charge on any atom is 0.253 e. The van der Waals surface area contributed by atoms with Gasteiger partial charge in [-0.3, -0.25) is 9.59 Å². The maximum absolute atomic E-state index is 12.7. The van der Waals surface area contributed by atoms with Crippen molar-refractivity contribution in [2.45, 2.75) is 30.6 Å². The summed E-state index contributed by atoms with van der Waals surface area (Å²) in [7, 11) is 0.0305. The van der Waals surface area contributed by atoms with Crippen LogP contribution >= 0.6 is 0 Å². The topological polar surface area (TPSA) is 78.0 Å². The highest BCUT2D eigenvalue weighted by Gasteiger charge is 2.30. The van der Waals surface area contributed by atoms with Gasteiger partial charge >= 0.3 is 0 Å². The Morgan fingerprint density at radius 2 is 1.52 bits per heavy atom. The van der Waals surface area contributed by atoms with Crippen LogP contribution in [-0.4, -0.2) is 74.6 Å². The highest BCUT2D eigenvalue weighted by molar-refractivity contribution is 7.89. The van der Waals surface area contributed by atoms with Crippen molar-refractivity contribution in [1.29, 1.82) is 0 Å². The van der Waals surface area contributed by atoms with Gasteiger partial charge in [-0.1, -0.05) is 0 Å². The Labute approximate surface area is 161 Å². The number of carbonyl (C=O) groups excluding carboxylic acids is 2. The Morgan fingerprint density at radius 1 is 0.963 bits per heavy atom. The van der Waals surface area contributed by atoms with Gasteiger partial charge < -0.3 is 9.80 Å². The van der Waals surface area contributed by atoms with E-state index >= 15 is 0 Å². The number of sulfonamides is 1. The first-order valence-electron chi connectivity index (χ1n) is 9.41. The normalized spacial score (nSPS) is 19.3. The second kappa shape index (κ2) is 7.98. The molecule has 1 aromatic carbocycles. The van der Waals surface area contributed by atoms with Crippen LogP contribution in [0.15, 0.2) is 29.2 Å². The van der Waals surface area contributed by atoms with Crippen LogP contribution in [0.1, 0.15) is 36.0 Å². The zero-order valence-corrected chi connectivity index (χ0v) is 16.7. The quantitative estimate of drug-likeness (QED) is 0.775. The van der Waals surface area contributed by atoms with Gasteiger partial charge in [0.15, 0.2) is 0 Å². The minimum atomic E-state index is -3.46. The van der Waals surface area contributed by atoms with Crippen LogP contribution < -0.4 is 0 Å². The number of likely N-dealkylation sites (tertiary alicyclic amines) is 1. The predicted octanol–water partition coefficient (Wildman–Crippen LogP) is 1.41. The molecule has 0 atom stereocenters. The average Bonchev–Trinajstić information content (AvgIpc) is 3.23. The number of carbonyl (C=O) groups is 2. The summed E-state index contributed by atoms with van der Waals surface area (Å²) in [4.78, 5) is 28.3. The van der Waals surface area contributed by atoms with Crippen LogP contribution in [-0.2, 0) is 14.8 Å². The van der Waals surface area contributed by atoms with Crippen LogP contribution in [0, 0.1) is 5.92 Å². The lowest BCUT2D eigenvalue weighted by Crippen LogP contribution is -2.42. The molecule has 2 aliphatic rings. The fraction of sp³-hybridized carbons (Fsp3) is 0.579. The van der Waals surface area contributed by atoms with E-state index in [1.807, 2.05) is 0 Å². The summed E-state index contributed by atoms with van der Waals surface area (Å²) in [6.07, 6.45) is 3.10. The number of hydrogen-bond acceptors (Lipinski definition) is 4. The molecule has 0 unspecified atom stereocenters. The Hall–Kier alpha value is -1.93. The van der Waals surface area contributed by atoms with Crippen molar-refractivity contribution in [3.8, 4) is 0 Å².